The van der Waals surface area contributed by atoms with Gasteiger partial charge in [-0.2, -0.15) is 0 Å². The molecule has 3 aliphatic rings. The molecule has 8 heteroatoms. The van der Waals surface area contributed by atoms with E-state index < -0.39 is 0 Å². The van der Waals surface area contributed by atoms with Crippen LogP contribution in [0.3, 0.4) is 0 Å². The molecule has 0 aliphatic carbocycles. The zero-order valence-electron chi connectivity index (χ0n) is 35.1. The Hall–Kier alpha value is -8.35. The number of fused-ring (bicyclic) bond motifs is 4. The van der Waals surface area contributed by atoms with E-state index in [1.54, 1.807) is 0 Å². The van der Waals surface area contributed by atoms with E-state index >= 15 is 0 Å². The first kappa shape index (κ1) is 38.6. The first-order valence-electron chi connectivity index (χ1n) is 21.7. The van der Waals surface area contributed by atoms with Crippen molar-refractivity contribution in [2.45, 2.75) is 0 Å². The van der Waals surface area contributed by atoms with Crippen LogP contribution in [0.2, 0.25) is 0 Å². The second-order valence-corrected chi connectivity index (χ2v) is 15.8. The average molecular weight is 822 g/mol. The summed E-state index contributed by atoms with van der Waals surface area (Å²) in [6, 6.07) is 73.6. The Morgan fingerprint density at radius 3 is 1.55 bits per heavy atom. The first-order chi connectivity index (χ1) is 31.8. The summed E-state index contributed by atoms with van der Waals surface area (Å²) in [5, 5.41) is 3.56. The molecular weight excluding hydrogens is 778 g/mol. The van der Waals surface area contributed by atoms with Crippen molar-refractivity contribution in [3.8, 4) is 11.1 Å². The van der Waals surface area contributed by atoms with Gasteiger partial charge >= 0.3 is 6.98 Å². The van der Waals surface area contributed by atoms with E-state index in [1.165, 1.54) is 17.1 Å². The van der Waals surface area contributed by atoms with E-state index in [2.05, 4.69) is 267 Å². The van der Waals surface area contributed by atoms with E-state index in [-0.39, 0.29) is 6.98 Å². The summed E-state index contributed by atoms with van der Waals surface area (Å²) >= 11 is 0. The monoisotopic (exact) mass is 821 g/mol. The van der Waals surface area contributed by atoms with Gasteiger partial charge in [-0.15, -0.1) is 0 Å². The van der Waals surface area contributed by atoms with Crippen LogP contribution in [0.1, 0.15) is 0 Å². The summed E-state index contributed by atoms with van der Waals surface area (Å²) in [4.78, 5) is 11.6. The molecule has 0 spiro atoms. The van der Waals surface area contributed by atoms with Crippen LogP contribution in [-0.2, 0) is 0 Å². The van der Waals surface area contributed by atoms with Crippen LogP contribution < -0.4 is 29.5 Å². The smallest absolute Gasteiger partial charge is 0.385 e. The summed E-state index contributed by atoms with van der Waals surface area (Å²) in [7, 11) is 2.11. The lowest BCUT2D eigenvalue weighted by Crippen LogP contribution is -2.42. The minimum atomic E-state index is 0.0713. The van der Waals surface area contributed by atoms with Crippen LogP contribution in [0.5, 0.6) is 0 Å². The standard InChI is InChI=1S/C56H43B2N6/c1-5-17-45(18-6-1)61(51-33-35-54-53(41-51)59-39-15-13-37-57-63(54)49-21-9-3-10-22-49)47-29-25-43(26-30-47)44-27-31-48(32-28-44)62(46-19-7-2-8-20-46)52-34-36-55-56(42-52)60-40-16-14-38-58(60)64(55)50-23-11-4-12-24-50/h1-42,59H/b37-13-,39-15-. The topological polar surface area (TPSA) is 28.2 Å². The molecule has 0 unspecified atom stereocenters. The van der Waals surface area contributed by atoms with E-state index in [1.807, 2.05) is 24.4 Å². The number of para-hydroxylation sites is 4. The minimum Gasteiger partial charge on any atom is -0.385 e. The van der Waals surface area contributed by atoms with Gasteiger partial charge < -0.3 is 29.5 Å². The molecule has 303 valence electrons. The second kappa shape index (κ2) is 17.2. The summed E-state index contributed by atoms with van der Waals surface area (Å²) in [5.41, 5.74) is 15.4. The molecule has 3 heterocycles. The SMILES string of the molecule is [B]1/C=C\C=C/Nc2cc(N(c3ccccc3)c3ccc(-c4ccc(N(c5ccccc5)c5ccc6c(c5)N5C=CC=CB5N6c5ccccc5)cc4)cc3)ccc2N1c1ccccc1. The quantitative estimate of drug-likeness (QED) is 0.146. The van der Waals surface area contributed by atoms with E-state index in [0.717, 1.165) is 62.3 Å². The van der Waals surface area contributed by atoms with E-state index in [9.17, 15) is 0 Å². The Labute approximate surface area is 376 Å². The summed E-state index contributed by atoms with van der Waals surface area (Å²) in [6.07, 6.45) is 12.5. The van der Waals surface area contributed by atoms with Crippen molar-refractivity contribution in [1.82, 2.24) is 0 Å². The van der Waals surface area contributed by atoms with Gasteiger partial charge in [0.2, 0.25) is 0 Å². The van der Waals surface area contributed by atoms with Crippen molar-refractivity contribution in [2.24, 2.45) is 0 Å². The highest BCUT2D eigenvalue weighted by molar-refractivity contribution is 6.76. The highest BCUT2D eigenvalue weighted by Crippen LogP contribution is 2.48. The molecule has 64 heavy (non-hydrogen) atoms. The van der Waals surface area contributed by atoms with Gasteiger partial charge in [-0.3, -0.25) is 0 Å². The molecule has 0 amide bonds. The number of hydrogen-bond acceptors (Lipinski definition) is 6. The van der Waals surface area contributed by atoms with Gasteiger partial charge in [0.1, 0.15) is 0 Å². The van der Waals surface area contributed by atoms with Crippen LogP contribution >= 0.6 is 0 Å². The van der Waals surface area contributed by atoms with Gasteiger partial charge in [0, 0.05) is 51.7 Å². The van der Waals surface area contributed by atoms with Gasteiger partial charge in [0.15, 0.2) is 0 Å². The number of hydrogen-bond donors (Lipinski definition) is 1. The predicted molar refractivity (Wildman–Crippen MR) is 273 cm³/mol. The Kier molecular flexibility index (Phi) is 10.4. The fraction of sp³-hybridized carbons (Fsp3) is 0. The number of nitrogens with one attached hydrogen (secondary N) is 1. The lowest BCUT2D eigenvalue weighted by atomic mass is 9.71. The molecule has 1 radical (unpaired) electrons. The normalized spacial score (nSPS) is 14.5. The third kappa shape index (κ3) is 7.41. The molecule has 0 aromatic heterocycles. The Morgan fingerprint density at radius 2 is 0.938 bits per heavy atom. The van der Waals surface area contributed by atoms with Crippen molar-refractivity contribution >= 4 is 82.6 Å². The van der Waals surface area contributed by atoms with Gasteiger partial charge in [-0.05, 0) is 139 Å². The number of anilines is 12. The highest BCUT2D eigenvalue weighted by Gasteiger charge is 2.40. The maximum Gasteiger partial charge on any atom is 0.412 e. The third-order valence-corrected chi connectivity index (χ3v) is 11.9. The van der Waals surface area contributed by atoms with Crippen LogP contribution in [0.4, 0.5) is 68.2 Å². The molecule has 8 aromatic carbocycles. The van der Waals surface area contributed by atoms with Gasteiger partial charge in [0.05, 0.1) is 22.7 Å². The summed E-state index contributed by atoms with van der Waals surface area (Å²) < 4.78 is 0. The molecule has 6 nitrogen and oxygen atoms in total. The van der Waals surface area contributed by atoms with Crippen LogP contribution in [0.15, 0.2) is 255 Å². The zero-order chi connectivity index (χ0) is 42.7. The fourth-order valence-electron chi connectivity index (χ4n) is 8.94. The number of benzene rings is 8. The zero-order valence-corrected chi connectivity index (χ0v) is 35.1. The molecule has 0 saturated heterocycles. The maximum atomic E-state index is 3.56. The molecule has 11 rings (SSSR count). The Morgan fingerprint density at radius 1 is 0.422 bits per heavy atom. The molecule has 8 aromatic rings. The van der Waals surface area contributed by atoms with Gasteiger partial charge in [-0.1, -0.05) is 121 Å². The van der Waals surface area contributed by atoms with Crippen LogP contribution in [0.25, 0.3) is 11.1 Å². The van der Waals surface area contributed by atoms with E-state index in [4.69, 9.17) is 0 Å². The Balaban J connectivity index is 0.911. The van der Waals surface area contributed by atoms with Crippen molar-refractivity contribution < 1.29 is 0 Å². The van der Waals surface area contributed by atoms with Crippen LogP contribution in [-0.4, -0.2) is 14.4 Å². The highest BCUT2D eigenvalue weighted by atomic mass is 15.3. The lowest BCUT2D eigenvalue weighted by Gasteiger charge is -2.29. The molecule has 0 fully saturated rings. The molecule has 0 bridgehead atoms. The summed E-state index contributed by atoms with van der Waals surface area (Å²) in [5.74, 6) is 4.32. The van der Waals surface area contributed by atoms with Gasteiger partial charge in [0.25, 0.3) is 7.41 Å². The number of allylic oxidation sites excluding steroid dienone is 4. The van der Waals surface area contributed by atoms with Crippen molar-refractivity contribution in [3.63, 3.8) is 0 Å². The molecule has 0 atom stereocenters. The third-order valence-electron chi connectivity index (χ3n) is 11.9. The molecule has 3 aliphatic heterocycles. The van der Waals surface area contributed by atoms with Crippen LogP contribution in [0, 0.1) is 0 Å². The largest absolute Gasteiger partial charge is 0.412 e. The molecule has 1 N–H and O–H groups in total. The lowest BCUT2D eigenvalue weighted by molar-refractivity contribution is 1.27. The predicted octanol–water partition coefficient (Wildman–Crippen LogP) is 14.6. The van der Waals surface area contributed by atoms with Gasteiger partial charge in [-0.25, -0.2) is 0 Å². The summed E-state index contributed by atoms with van der Waals surface area (Å²) in [6.45, 7) is 0.0713. The van der Waals surface area contributed by atoms with Crippen molar-refractivity contribution in [2.75, 3.05) is 29.5 Å². The number of nitrogens with zero attached hydrogens (tertiary/aromatic N) is 5. The minimum absolute atomic E-state index is 0.0713. The van der Waals surface area contributed by atoms with Crippen molar-refractivity contribution in [3.05, 3.63) is 255 Å². The average Bonchev–Trinajstić information content (AvgIpc) is 3.74. The molecular formula is C56H43B2N6. The number of rotatable bonds is 9. The second-order valence-electron chi connectivity index (χ2n) is 15.8. The molecule has 0 saturated carbocycles. The first-order valence-corrected chi connectivity index (χ1v) is 21.7. The Bertz CT molecular complexity index is 3010. The van der Waals surface area contributed by atoms with Crippen molar-refractivity contribution in [1.29, 1.82) is 0 Å². The van der Waals surface area contributed by atoms with E-state index in [0.29, 0.717) is 0 Å². The maximum absolute atomic E-state index is 3.56. The fourth-order valence-corrected chi connectivity index (χ4v) is 8.94.